The molecule has 0 aliphatic heterocycles. The molecule has 20 heavy (non-hydrogen) atoms. The van der Waals surface area contributed by atoms with Gasteiger partial charge in [0, 0.05) is 18.3 Å². The minimum absolute atomic E-state index is 0.0727. The molecule has 0 aromatic heterocycles. The summed E-state index contributed by atoms with van der Waals surface area (Å²) in [5.41, 5.74) is 3.20. The first kappa shape index (κ1) is 16.3. The number of carbonyl (C=O) groups is 1. The number of anilines is 1. The molecular weight excluding hydrogens is 250 g/mol. The summed E-state index contributed by atoms with van der Waals surface area (Å²) < 4.78 is 0. The lowest BCUT2D eigenvalue weighted by Crippen LogP contribution is -2.14. The van der Waals surface area contributed by atoms with Crippen LogP contribution in [-0.2, 0) is 10.2 Å². The summed E-state index contributed by atoms with van der Waals surface area (Å²) in [6.07, 6.45) is 2.81. The molecule has 3 heteroatoms. The second-order valence-corrected chi connectivity index (χ2v) is 6.50. The molecule has 0 heterocycles. The minimum atomic E-state index is -0.931. The van der Waals surface area contributed by atoms with Gasteiger partial charge in [0.2, 0.25) is 0 Å². The first-order valence-electron chi connectivity index (χ1n) is 6.99. The van der Waals surface area contributed by atoms with Crippen LogP contribution in [0.4, 0.5) is 5.69 Å². The van der Waals surface area contributed by atoms with Gasteiger partial charge in [-0.05, 0) is 34.6 Å². The summed E-state index contributed by atoms with van der Waals surface area (Å²) in [6, 6.07) is 6.15. The van der Waals surface area contributed by atoms with Crippen molar-refractivity contribution in [1.29, 1.82) is 0 Å². The highest BCUT2D eigenvalue weighted by atomic mass is 16.4. The lowest BCUT2D eigenvalue weighted by atomic mass is 9.86. The lowest BCUT2D eigenvalue weighted by molar-refractivity contribution is -0.131. The zero-order chi connectivity index (χ0) is 15.3. The van der Waals surface area contributed by atoms with E-state index in [4.69, 9.17) is 5.11 Å². The van der Waals surface area contributed by atoms with Crippen molar-refractivity contribution >= 4 is 17.7 Å². The Morgan fingerprint density at radius 1 is 1.35 bits per heavy atom. The number of benzene rings is 1. The molecule has 0 amide bonds. The van der Waals surface area contributed by atoms with Gasteiger partial charge < -0.3 is 10.4 Å². The average molecular weight is 275 g/mol. The van der Waals surface area contributed by atoms with E-state index in [1.54, 1.807) is 6.08 Å². The molecule has 0 saturated heterocycles. The van der Waals surface area contributed by atoms with Crippen LogP contribution in [0.15, 0.2) is 24.3 Å². The molecule has 0 spiro atoms. The van der Waals surface area contributed by atoms with Crippen molar-refractivity contribution in [2.75, 3.05) is 11.9 Å². The molecule has 0 bridgehead atoms. The third kappa shape index (κ3) is 5.08. The molecule has 0 fully saturated rings. The maximum Gasteiger partial charge on any atom is 0.328 e. The second kappa shape index (κ2) is 6.60. The SMILES string of the molecule is CC(C)CNc1cc(C(C)(C)C)ccc1C=CC(=O)O. The molecule has 0 radical (unpaired) electrons. The molecule has 0 aliphatic carbocycles. The van der Waals surface area contributed by atoms with Gasteiger partial charge >= 0.3 is 5.97 Å². The molecule has 0 atom stereocenters. The molecule has 3 nitrogen and oxygen atoms in total. The molecule has 110 valence electrons. The molecule has 0 saturated carbocycles. The fourth-order valence-electron chi connectivity index (χ4n) is 1.80. The quantitative estimate of drug-likeness (QED) is 0.794. The summed E-state index contributed by atoms with van der Waals surface area (Å²) >= 11 is 0. The van der Waals surface area contributed by atoms with E-state index in [9.17, 15) is 4.79 Å². The fraction of sp³-hybridized carbons (Fsp3) is 0.471. The van der Waals surface area contributed by atoms with E-state index in [0.29, 0.717) is 5.92 Å². The summed E-state index contributed by atoms with van der Waals surface area (Å²) in [5, 5.41) is 12.2. The number of nitrogens with one attached hydrogen (secondary N) is 1. The Kier molecular flexibility index (Phi) is 5.37. The molecule has 1 aromatic rings. The van der Waals surface area contributed by atoms with Gasteiger partial charge in [0.05, 0.1) is 0 Å². The Labute approximate surface area is 121 Å². The van der Waals surface area contributed by atoms with Crippen molar-refractivity contribution in [2.24, 2.45) is 5.92 Å². The zero-order valence-corrected chi connectivity index (χ0v) is 13.0. The van der Waals surface area contributed by atoms with Crippen molar-refractivity contribution < 1.29 is 9.90 Å². The highest BCUT2D eigenvalue weighted by molar-refractivity contribution is 5.87. The molecule has 2 N–H and O–H groups in total. The van der Waals surface area contributed by atoms with Crippen LogP contribution in [0.2, 0.25) is 0 Å². The number of rotatable bonds is 5. The molecule has 1 aromatic carbocycles. The minimum Gasteiger partial charge on any atom is -0.478 e. The lowest BCUT2D eigenvalue weighted by Gasteiger charge is -2.21. The van der Waals surface area contributed by atoms with Crippen LogP contribution in [0.3, 0.4) is 0 Å². The average Bonchev–Trinajstić information content (AvgIpc) is 2.32. The van der Waals surface area contributed by atoms with Gasteiger partial charge in [0.15, 0.2) is 0 Å². The number of hydrogen-bond acceptors (Lipinski definition) is 2. The van der Waals surface area contributed by atoms with E-state index < -0.39 is 5.97 Å². The number of hydrogen-bond donors (Lipinski definition) is 2. The van der Waals surface area contributed by atoms with Gasteiger partial charge in [-0.15, -0.1) is 0 Å². The van der Waals surface area contributed by atoms with Crippen molar-refractivity contribution in [3.8, 4) is 0 Å². The maximum absolute atomic E-state index is 10.7. The Balaban J connectivity index is 3.12. The van der Waals surface area contributed by atoms with Crippen molar-refractivity contribution in [3.63, 3.8) is 0 Å². The van der Waals surface area contributed by atoms with E-state index in [0.717, 1.165) is 17.8 Å². The van der Waals surface area contributed by atoms with Gasteiger partial charge in [-0.3, -0.25) is 0 Å². The van der Waals surface area contributed by atoms with Crippen LogP contribution in [0, 0.1) is 5.92 Å². The van der Waals surface area contributed by atoms with Gasteiger partial charge in [-0.1, -0.05) is 46.8 Å². The monoisotopic (exact) mass is 275 g/mol. The van der Waals surface area contributed by atoms with E-state index in [1.807, 2.05) is 6.07 Å². The van der Waals surface area contributed by atoms with Crippen LogP contribution in [0.25, 0.3) is 6.08 Å². The third-order valence-electron chi connectivity index (χ3n) is 3.03. The van der Waals surface area contributed by atoms with E-state index in [-0.39, 0.29) is 5.41 Å². The first-order valence-corrected chi connectivity index (χ1v) is 6.99. The highest BCUT2D eigenvalue weighted by Gasteiger charge is 2.15. The molecule has 0 unspecified atom stereocenters. The smallest absolute Gasteiger partial charge is 0.328 e. The van der Waals surface area contributed by atoms with Crippen LogP contribution < -0.4 is 5.32 Å². The molecule has 0 aliphatic rings. The van der Waals surface area contributed by atoms with E-state index in [1.165, 1.54) is 11.6 Å². The predicted molar refractivity (Wildman–Crippen MR) is 85.1 cm³/mol. The van der Waals surface area contributed by atoms with E-state index >= 15 is 0 Å². The summed E-state index contributed by atoms with van der Waals surface area (Å²) in [5.74, 6) is -0.399. The van der Waals surface area contributed by atoms with Crippen LogP contribution >= 0.6 is 0 Å². The van der Waals surface area contributed by atoms with E-state index in [2.05, 4.69) is 52.1 Å². The summed E-state index contributed by atoms with van der Waals surface area (Å²) in [6.45, 7) is 11.7. The Bertz CT molecular complexity index is 496. The summed E-state index contributed by atoms with van der Waals surface area (Å²) in [4.78, 5) is 10.7. The highest BCUT2D eigenvalue weighted by Crippen LogP contribution is 2.28. The predicted octanol–water partition coefficient (Wildman–Crippen LogP) is 4.15. The fourth-order valence-corrected chi connectivity index (χ4v) is 1.80. The first-order chi connectivity index (χ1) is 9.20. The third-order valence-corrected chi connectivity index (χ3v) is 3.03. The summed E-state index contributed by atoms with van der Waals surface area (Å²) in [7, 11) is 0. The van der Waals surface area contributed by atoms with Crippen molar-refractivity contribution in [2.45, 2.75) is 40.0 Å². The van der Waals surface area contributed by atoms with Crippen molar-refractivity contribution in [3.05, 3.63) is 35.4 Å². The second-order valence-electron chi connectivity index (χ2n) is 6.50. The molecular formula is C17H25NO2. The van der Waals surface area contributed by atoms with Gasteiger partial charge in [0.25, 0.3) is 0 Å². The largest absolute Gasteiger partial charge is 0.478 e. The number of aliphatic carboxylic acids is 1. The van der Waals surface area contributed by atoms with Gasteiger partial charge in [-0.25, -0.2) is 4.79 Å². The Morgan fingerprint density at radius 2 is 2.00 bits per heavy atom. The maximum atomic E-state index is 10.7. The standard InChI is InChI=1S/C17H25NO2/c1-12(2)11-18-15-10-14(17(3,4)5)8-6-13(15)7-9-16(19)20/h6-10,12,18H,11H2,1-5H3,(H,19,20). The Morgan fingerprint density at radius 3 is 2.50 bits per heavy atom. The van der Waals surface area contributed by atoms with Crippen LogP contribution in [0.1, 0.15) is 45.7 Å². The zero-order valence-electron chi connectivity index (χ0n) is 13.0. The van der Waals surface area contributed by atoms with Crippen LogP contribution in [-0.4, -0.2) is 17.6 Å². The van der Waals surface area contributed by atoms with Gasteiger partial charge in [-0.2, -0.15) is 0 Å². The normalized spacial score (nSPS) is 12.1. The van der Waals surface area contributed by atoms with Crippen molar-refractivity contribution in [1.82, 2.24) is 0 Å². The van der Waals surface area contributed by atoms with Gasteiger partial charge in [0.1, 0.15) is 0 Å². The number of carboxylic acid groups (broad SMARTS) is 1. The molecule has 1 rings (SSSR count). The Hall–Kier alpha value is -1.77. The van der Waals surface area contributed by atoms with Crippen LogP contribution in [0.5, 0.6) is 0 Å². The topological polar surface area (TPSA) is 49.3 Å². The number of carboxylic acids is 1.